The summed E-state index contributed by atoms with van der Waals surface area (Å²) < 4.78 is 5.86. The quantitative estimate of drug-likeness (QED) is 0.691. The molecule has 24 heavy (non-hydrogen) atoms. The number of allylic oxidation sites excluding steroid dienone is 1. The molecule has 2 aliphatic rings. The highest BCUT2D eigenvalue weighted by atomic mass is 79.9. The third kappa shape index (κ3) is 3.85. The molecule has 8 heteroatoms. The second kappa shape index (κ2) is 7.18. The fourth-order valence-corrected chi connectivity index (χ4v) is 2.83. The summed E-state index contributed by atoms with van der Waals surface area (Å²) in [6.07, 6.45) is 6.28. The van der Waals surface area contributed by atoms with Gasteiger partial charge >= 0.3 is 0 Å². The van der Waals surface area contributed by atoms with Crippen LogP contribution in [0.3, 0.4) is 0 Å². The molecule has 0 bridgehead atoms. The van der Waals surface area contributed by atoms with Gasteiger partial charge in [0.2, 0.25) is 11.8 Å². The highest BCUT2D eigenvalue weighted by molar-refractivity contribution is 9.10. The lowest BCUT2D eigenvalue weighted by Gasteiger charge is -2.13. The second-order valence-corrected chi connectivity index (χ2v) is 6.84. The van der Waals surface area contributed by atoms with E-state index >= 15 is 0 Å². The number of hydrogen-bond donors (Lipinski definition) is 2. The number of aliphatic imine (C=N–C) groups is 1. The third-order valence-electron chi connectivity index (χ3n) is 4.14. The first-order chi connectivity index (χ1) is 11.7. The van der Waals surface area contributed by atoms with Gasteiger partial charge in [0, 0.05) is 18.7 Å². The van der Waals surface area contributed by atoms with Crippen molar-refractivity contribution in [2.75, 3.05) is 19.0 Å². The molecule has 1 aromatic heterocycles. The van der Waals surface area contributed by atoms with E-state index in [1.807, 2.05) is 0 Å². The maximum atomic E-state index is 8.91. The molecular weight excluding hydrogens is 372 g/mol. The summed E-state index contributed by atoms with van der Waals surface area (Å²) >= 11 is 3.33. The summed E-state index contributed by atoms with van der Waals surface area (Å²) in [7, 11) is 1.55. The molecule has 0 radical (unpaired) electrons. The summed E-state index contributed by atoms with van der Waals surface area (Å²) in [6.45, 7) is 0.674. The molecule has 0 spiro atoms. The number of methoxy groups -OCH3 is 1. The van der Waals surface area contributed by atoms with Crippen molar-refractivity contribution in [2.24, 2.45) is 28.5 Å². The number of hydrogen-bond acceptors (Lipinski definition) is 7. The van der Waals surface area contributed by atoms with Crippen molar-refractivity contribution >= 4 is 27.6 Å². The van der Waals surface area contributed by atoms with Gasteiger partial charge in [-0.2, -0.15) is 10.2 Å². The van der Waals surface area contributed by atoms with E-state index in [0.29, 0.717) is 34.7 Å². The Hall–Kier alpha value is -2.14. The fraction of sp³-hybridized carbons (Fsp3) is 0.500. The maximum Gasteiger partial charge on any atom is 0.232 e. The molecule has 1 aromatic rings. The lowest BCUT2D eigenvalue weighted by molar-refractivity contribution is 0.394. The van der Waals surface area contributed by atoms with Crippen molar-refractivity contribution in [3.8, 4) is 11.9 Å². The number of ether oxygens (including phenoxy) is 1. The van der Waals surface area contributed by atoms with Gasteiger partial charge in [0.05, 0.1) is 41.2 Å². The molecule has 2 fully saturated rings. The van der Waals surface area contributed by atoms with Crippen LogP contribution in [0.2, 0.25) is 0 Å². The summed E-state index contributed by atoms with van der Waals surface area (Å²) in [5.74, 6) is 1.81. The number of nitrogens with two attached hydrogens (primary N) is 1. The molecule has 1 heterocycles. The minimum Gasteiger partial charge on any atom is -0.480 e. The largest absolute Gasteiger partial charge is 0.480 e. The third-order valence-corrected chi connectivity index (χ3v) is 4.69. The topological polar surface area (TPSA) is 109 Å². The molecule has 2 aliphatic carbocycles. The molecule has 126 valence electrons. The van der Waals surface area contributed by atoms with E-state index < -0.39 is 0 Å². The normalized spacial score (nSPS) is 23.5. The summed E-state index contributed by atoms with van der Waals surface area (Å²) in [5, 5.41) is 12.0. The van der Waals surface area contributed by atoms with Crippen LogP contribution >= 0.6 is 15.9 Å². The van der Waals surface area contributed by atoms with E-state index in [1.54, 1.807) is 13.3 Å². The van der Waals surface area contributed by atoms with Gasteiger partial charge in [-0.05, 0) is 41.1 Å². The number of rotatable bonds is 7. The predicted molar refractivity (Wildman–Crippen MR) is 94.4 cm³/mol. The SMILES string of the molecule is COc1nc(NC(=C/N)/C(=N\C[C@H]2CC2C#N)C2CC2)ncc1Br. The van der Waals surface area contributed by atoms with Gasteiger partial charge in [0.25, 0.3) is 0 Å². The fourth-order valence-electron chi connectivity index (χ4n) is 2.48. The molecule has 3 rings (SSSR count). The first-order valence-corrected chi connectivity index (χ1v) is 8.65. The van der Waals surface area contributed by atoms with Crippen molar-refractivity contribution in [1.29, 1.82) is 5.26 Å². The number of halogens is 1. The molecule has 0 amide bonds. The number of aromatic nitrogens is 2. The first-order valence-electron chi connectivity index (χ1n) is 7.86. The Bertz CT molecular complexity index is 722. The van der Waals surface area contributed by atoms with Crippen LogP contribution in [0.1, 0.15) is 19.3 Å². The average Bonchev–Trinajstić information content (AvgIpc) is 3.50. The molecule has 0 aliphatic heterocycles. The number of anilines is 1. The van der Waals surface area contributed by atoms with Crippen molar-refractivity contribution in [1.82, 2.24) is 9.97 Å². The Balaban J connectivity index is 1.74. The minimum absolute atomic E-state index is 0.159. The summed E-state index contributed by atoms with van der Waals surface area (Å²) in [6, 6.07) is 2.30. The molecule has 0 saturated heterocycles. The molecule has 2 atom stereocenters. The summed E-state index contributed by atoms with van der Waals surface area (Å²) in [5.41, 5.74) is 7.48. The van der Waals surface area contributed by atoms with Crippen LogP contribution in [-0.4, -0.2) is 29.3 Å². The van der Waals surface area contributed by atoms with E-state index in [1.165, 1.54) is 6.20 Å². The van der Waals surface area contributed by atoms with Crippen LogP contribution in [0.15, 0.2) is 27.6 Å². The van der Waals surface area contributed by atoms with Gasteiger partial charge in [-0.25, -0.2) is 4.98 Å². The molecule has 2 saturated carbocycles. The summed E-state index contributed by atoms with van der Waals surface area (Å²) in [4.78, 5) is 13.2. The Kier molecular flexibility index (Phi) is 5.00. The highest BCUT2D eigenvalue weighted by Gasteiger charge is 2.38. The molecule has 7 nitrogen and oxygen atoms in total. The van der Waals surface area contributed by atoms with Crippen LogP contribution in [0, 0.1) is 29.1 Å². The molecule has 0 aromatic carbocycles. The number of nitrogens with zero attached hydrogens (tertiary/aromatic N) is 4. The Labute approximate surface area is 149 Å². The van der Waals surface area contributed by atoms with Crippen molar-refractivity contribution in [3.05, 3.63) is 22.6 Å². The monoisotopic (exact) mass is 390 g/mol. The molecule has 1 unspecified atom stereocenters. The Morgan fingerprint density at radius 2 is 2.42 bits per heavy atom. The van der Waals surface area contributed by atoms with E-state index in [-0.39, 0.29) is 5.92 Å². The van der Waals surface area contributed by atoms with E-state index in [2.05, 4.69) is 37.3 Å². The first kappa shape index (κ1) is 16.7. The maximum absolute atomic E-state index is 8.91. The van der Waals surface area contributed by atoms with Gasteiger partial charge in [-0.3, -0.25) is 4.99 Å². The molecule has 3 N–H and O–H groups in total. The van der Waals surface area contributed by atoms with Crippen LogP contribution in [0.5, 0.6) is 5.88 Å². The molecular formula is C16H19BrN6O. The Morgan fingerprint density at radius 1 is 1.62 bits per heavy atom. The van der Waals surface area contributed by atoms with Gasteiger partial charge in [0.1, 0.15) is 0 Å². The van der Waals surface area contributed by atoms with Crippen LogP contribution in [-0.2, 0) is 0 Å². The van der Waals surface area contributed by atoms with Gasteiger partial charge in [0.15, 0.2) is 0 Å². The zero-order valence-electron chi connectivity index (χ0n) is 13.4. The predicted octanol–water partition coefficient (Wildman–Crippen LogP) is 2.47. The van der Waals surface area contributed by atoms with Crippen molar-refractivity contribution in [3.63, 3.8) is 0 Å². The van der Waals surface area contributed by atoms with Crippen molar-refractivity contribution in [2.45, 2.75) is 19.3 Å². The smallest absolute Gasteiger partial charge is 0.232 e. The lowest BCUT2D eigenvalue weighted by Crippen LogP contribution is -2.18. The minimum atomic E-state index is 0.159. The number of nitriles is 1. The Morgan fingerprint density at radius 3 is 3.00 bits per heavy atom. The van der Waals surface area contributed by atoms with Gasteiger partial charge in [-0.1, -0.05) is 0 Å². The van der Waals surface area contributed by atoms with Crippen LogP contribution in [0.4, 0.5) is 5.95 Å². The van der Waals surface area contributed by atoms with Gasteiger partial charge < -0.3 is 15.8 Å². The van der Waals surface area contributed by atoms with E-state index in [9.17, 15) is 0 Å². The van der Waals surface area contributed by atoms with Crippen molar-refractivity contribution < 1.29 is 4.74 Å². The second-order valence-electron chi connectivity index (χ2n) is 5.99. The van der Waals surface area contributed by atoms with Crippen LogP contribution < -0.4 is 15.8 Å². The van der Waals surface area contributed by atoms with E-state index in [0.717, 1.165) is 30.7 Å². The van der Waals surface area contributed by atoms with Crippen LogP contribution in [0.25, 0.3) is 0 Å². The van der Waals surface area contributed by atoms with Gasteiger partial charge in [-0.15, -0.1) is 0 Å². The number of nitrogens with one attached hydrogen (secondary N) is 1. The zero-order chi connectivity index (χ0) is 17.1. The lowest BCUT2D eigenvalue weighted by atomic mass is 10.2. The van der Waals surface area contributed by atoms with E-state index in [4.69, 9.17) is 20.7 Å². The zero-order valence-corrected chi connectivity index (χ0v) is 15.0. The highest BCUT2D eigenvalue weighted by Crippen LogP contribution is 2.39. The average molecular weight is 391 g/mol. The standard InChI is InChI=1S/C16H19BrN6O/c1-24-15-12(17)8-21-16(23-15)22-13(6-19)14(9-2-3-9)20-7-11-4-10(11)5-18/h6,8-11H,2-4,7,19H2,1H3,(H,21,22,23)/b13-6+,20-14-/t10?,11-/m1/s1.